The standard InChI is InChI=1S/C24H48N2O/c1-2-3-4-5-6-7-8-9-10-11-12-13-14-15-16-19-23(25)22-26-21-18-17-20-24(26)27/h23H,2-22,25H2,1H3. The second kappa shape index (κ2) is 17.5. The van der Waals surface area contributed by atoms with Crippen LogP contribution in [0.3, 0.4) is 0 Å². The van der Waals surface area contributed by atoms with Crippen molar-refractivity contribution in [1.29, 1.82) is 0 Å². The molecule has 1 unspecified atom stereocenters. The Bertz CT molecular complexity index is 345. The lowest BCUT2D eigenvalue weighted by molar-refractivity contribution is -0.133. The van der Waals surface area contributed by atoms with Crippen molar-refractivity contribution in [3.63, 3.8) is 0 Å². The molecular formula is C24H48N2O. The molecule has 160 valence electrons. The molecule has 1 rings (SSSR count). The van der Waals surface area contributed by atoms with E-state index in [0.29, 0.717) is 5.91 Å². The molecule has 27 heavy (non-hydrogen) atoms. The second-order valence-corrected chi connectivity index (χ2v) is 8.80. The topological polar surface area (TPSA) is 46.3 Å². The molecule has 0 aliphatic carbocycles. The van der Waals surface area contributed by atoms with Crippen LogP contribution < -0.4 is 5.73 Å². The van der Waals surface area contributed by atoms with Gasteiger partial charge >= 0.3 is 0 Å². The summed E-state index contributed by atoms with van der Waals surface area (Å²) in [5.74, 6) is 0.313. The van der Waals surface area contributed by atoms with Crippen molar-refractivity contribution in [2.45, 2.75) is 135 Å². The van der Waals surface area contributed by atoms with Gasteiger partial charge in [-0.25, -0.2) is 0 Å². The van der Waals surface area contributed by atoms with E-state index in [0.717, 1.165) is 38.8 Å². The van der Waals surface area contributed by atoms with E-state index in [-0.39, 0.29) is 6.04 Å². The van der Waals surface area contributed by atoms with E-state index in [4.69, 9.17) is 5.73 Å². The van der Waals surface area contributed by atoms with E-state index in [1.54, 1.807) is 0 Å². The highest BCUT2D eigenvalue weighted by Gasteiger charge is 2.19. The first-order chi connectivity index (χ1) is 13.2. The van der Waals surface area contributed by atoms with Crippen LogP contribution in [0.1, 0.15) is 129 Å². The highest BCUT2D eigenvalue weighted by atomic mass is 16.2. The molecule has 0 aromatic rings. The first-order valence-corrected chi connectivity index (χ1v) is 12.3. The average Bonchev–Trinajstić information content (AvgIpc) is 2.66. The normalized spacial score (nSPS) is 16.1. The van der Waals surface area contributed by atoms with Crippen LogP contribution in [0, 0.1) is 0 Å². The fraction of sp³-hybridized carbons (Fsp3) is 0.958. The molecule has 0 saturated carbocycles. The number of unbranched alkanes of at least 4 members (excludes halogenated alkanes) is 14. The van der Waals surface area contributed by atoms with Crippen molar-refractivity contribution in [1.82, 2.24) is 4.90 Å². The third kappa shape index (κ3) is 14.1. The minimum absolute atomic E-state index is 0.175. The largest absolute Gasteiger partial charge is 0.341 e. The molecule has 3 heteroatoms. The number of likely N-dealkylation sites (tertiary alicyclic amines) is 1. The van der Waals surface area contributed by atoms with Crippen LogP contribution in [0.5, 0.6) is 0 Å². The van der Waals surface area contributed by atoms with Crippen LogP contribution in [-0.2, 0) is 4.79 Å². The number of nitrogens with zero attached hydrogens (tertiary/aromatic N) is 1. The maximum absolute atomic E-state index is 11.8. The number of piperidine rings is 1. The van der Waals surface area contributed by atoms with Crippen LogP contribution in [-0.4, -0.2) is 29.9 Å². The number of amides is 1. The van der Waals surface area contributed by atoms with Crippen molar-refractivity contribution in [2.24, 2.45) is 5.73 Å². The van der Waals surface area contributed by atoms with Crippen LogP contribution in [0.4, 0.5) is 0 Å². The molecular weight excluding hydrogens is 332 g/mol. The van der Waals surface area contributed by atoms with Crippen LogP contribution in [0.25, 0.3) is 0 Å². The zero-order valence-corrected chi connectivity index (χ0v) is 18.4. The van der Waals surface area contributed by atoms with Gasteiger partial charge in [0.25, 0.3) is 0 Å². The van der Waals surface area contributed by atoms with Crippen LogP contribution in [0.15, 0.2) is 0 Å². The van der Waals surface area contributed by atoms with Crippen molar-refractivity contribution in [3.05, 3.63) is 0 Å². The fourth-order valence-corrected chi connectivity index (χ4v) is 4.21. The SMILES string of the molecule is CCCCCCCCCCCCCCCCCC(N)CN1CCCCC1=O. The van der Waals surface area contributed by atoms with Gasteiger partial charge in [0.05, 0.1) is 0 Å². The minimum Gasteiger partial charge on any atom is -0.341 e. The Kier molecular flexibility index (Phi) is 15.9. The van der Waals surface area contributed by atoms with Gasteiger partial charge in [-0.2, -0.15) is 0 Å². The number of carbonyl (C=O) groups excluding carboxylic acids is 1. The number of carbonyl (C=O) groups is 1. The Hall–Kier alpha value is -0.570. The monoisotopic (exact) mass is 380 g/mol. The van der Waals surface area contributed by atoms with Gasteiger partial charge in [-0.1, -0.05) is 103 Å². The molecule has 3 nitrogen and oxygen atoms in total. The smallest absolute Gasteiger partial charge is 0.222 e. The van der Waals surface area contributed by atoms with Gasteiger partial charge in [-0.3, -0.25) is 4.79 Å². The quantitative estimate of drug-likeness (QED) is 0.273. The summed E-state index contributed by atoms with van der Waals surface area (Å²) in [6, 6.07) is 0.175. The molecule has 1 saturated heterocycles. The van der Waals surface area contributed by atoms with Gasteiger partial charge < -0.3 is 10.6 Å². The molecule has 1 heterocycles. The molecule has 1 amide bonds. The maximum Gasteiger partial charge on any atom is 0.222 e. The molecule has 1 aliphatic rings. The van der Waals surface area contributed by atoms with Gasteiger partial charge in [0.15, 0.2) is 0 Å². The van der Waals surface area contributed by atoms with Crippen molar-refractivity contribution >= 4 is 5.91 Å². The lowest BCUT2D eigenvalue weighted by Gasteiger charge is -2.29. The molecule has 1 atom stereocenters. The Balaban J connectivity index is 1.78. The minimum atomic E-state index is 0.175. The van der Waals surface area contributed by atoms with Crippen molar-refractivity contribution in [2.75, 3.05) is 13.1 Å². The third-order valence-electron chi connectivity index (χ3n) is 6.05. The number of nitrogens with two attached hydrogens (primary N) is 1. The Morgan fingerprint density at radius 2 is 1.26 bits per heavy atom. The number of hydrogen-bond acceptors (Lipinski definition) is 2. The van der Waals surface area contributed by atoms with Crippen LogP contribution in [0.2, 0.25) is 0 Å². The van der Waals surface area contributed by atoms with Crippen molar-refractivity contribution in [3.8, 4) is 0 Å². The summed E-state index contributed by atoms with van der Waals surface area (Å²) in [6.45, 7) is 3.98. The Morgan fingerprint density at radius 3 is 1.74 bits per heavy atom. The second-order valence-electron chi connectivity index (χ2n) is 8.80. The molecule has 0 radical (unpaired) electrons. The predicted molar refractivity (Wildman–Crippen MR) is 118 cm³/mol. The number of hydrogen-bond donors (Lipinski definition) is 1. The van der Waals surface area contributed by atoms with Gasteiger partial charge in [-0.15, -0.1) is 0 Å². The third-order valence-corrected chi connectivity index (χ3v) is 6.05. The summed E-state index contributed by atoms with van der Waals surface area (Å²) >= 11 is 0. The first-order valence-electron chi connectivity index (χ1n) is 12.3. The highest BCUT2D eigenvalue weighted by Crippen LogP contribution is 2.15. The van der Waals surface area contributed by atoms with Gasteiger partial charge in [0.1, 0.15) is 0 Å². The summed E-state index contributed by atoms with van der Waals surface area (Å²) in [5.41, 5.74) is 6.23. The molecule has 0 aromatic carbocycles. The van der Waals surface area contributed by atoms with E-state index in [2.05, 4.69) is 6.92 Å². The highest BCUT2D eigenvalue weighted by molar-refractivity contribution is 5.76. The summed E-state index contributed by atoms with van der Waals surface area (Å²) in [7, 11) is 0. The summed E-state index contributed by atoms with van der Waals surface area (Å²) in [4.78, 5) is 13.8. The van der Waals surface area contributed by atoms with Crippen LogP contribution >= 0.6 is 0 Å². The molecule has 0 spiro atoms. The Labute approximate surface area is 169 Å². The zero-order valence-electron chi connectivity index (χ0n) is 18.4. The van der Waals surface area contributed by atoms with Gasteiger partial charge in [0, 0.05) is 25.6 Å². The van der Waals surface area contributed by atoms with Crippen molar-refractivity contribution < 1.29 is 4.79 Å². The van der Waals surface area contributed by atoms with E-state index in [9.17, 15) is 4.79 Å². The molecule has 1 fully saturated rings. The number of rotatable bonds is 18. The molecule has 1 aliphatic heterocycles. The predicted octanol–water partition coefficient (Wildman–Crippen LogP) is 6.59. The Morgan fingerprint density at radius 1 is 0.778 bits per heavy atom. The van der Waals surface area contributed by atoms with E-state index >= 15 is 0 Å². The van der Waals surface area contributed by atoms with E-state index in [1.807, 2.05) is 4.90 Å². The van der Waals surface area contributed by atoms with E-state index < -0.39 is 0 Å². The van der Waals surface area contributed by atoms with Gasteiger partial charge in [0.2, 0.25) is 5.91 Å². The molecule has 0 bridgehead atoms. The van der Waals surface area contributed by atoms with E-state index in [1.165, 1.54) is 96.3 Å². The summed E-state index contributed by atoms with van der Waals surface area (Å²) < 4.78 is 0. The summed E-state index contributed by atoms with van der Waals surface area (Å²) in [6.07, 6.45) is 25.0. The fourth-order valence-electron chi connectivity index (χ4n) is 4.21. The average molecular weight is 381 g/mol. The van der Waals surface area contributed by atoms with Gasteiger partial charge in [-0.05, 0) is 19.3 Å². The first kappa shape index (κ1) is 24.5. The zero-order chi connectivity index (χ0) is 19.6. The molecule has 0 aromatic heterocycles. The maximum atomic E-state index is 11.8. The summed E-state index contributed by atoms with van der Waals surface area (Å²) in [5, 5.41) is 0. The lowest BCUT2D eigenvalue weighted by atomic mass is 10.0. The lowest BCUT2D eigenvalue weighted by Crippen LogP contribution is -2.43. The molecule has 2 N–H and O–H groups in total.